The Bertz CT molecular complexity index is 773. The van der Waals surface area contributed by atoms with E-state index in [0.717, 1.165) is 37.5 Å². The third-order valence-electron chi connectivity index (χ3n) is 5.67. The van der Waals surface area contributed by atoms with Gasteiger partial charge in [-0.3, -0.25) is 4.99 Å². The van der Waals surface area contributed by atoms with Crippen molar-refractivity contribution in [3.05, 3.63) is 29.8 Å². The van der Waals surface area contributed by atoms with Crippen molar-refractivity contribution in [1.29, 1.82) is 0 Å². The Morgan fingerprint density at radius 1 is 1.10 bits per heavy atom. The molecule has 1 saturated heterocycles. The quantitative estimate of drug-likeness (QED) is 0.344. The Morgan fingerprint density at radius 2 is 1.76 bits per heavy atom. The number of benzene rings is 1. The van der Waals surface area contributed by atoms with E-state index in [4.69, 9.17) is 0 Å². The Hall–Kier alpha value is -0.910. The molecule has 1 aliphatic heterocycles. The molecule has 2 N–H and O–H groups in total. The van der Waals surface area contributed by atoms with Crippen molar-refractivity contribution in [1.82, 2.24) is 19.8 Å². The van der Waals surface area contributed by atoms with E-state index in [9.17, 15) is 8.42 Å². The average molecular weight is 535 g/mol. The molecule has 2 fully saturated rings. The fourth-order valence-electron chi connectivity index (χ4n) is 3.88. The van der Waals surface area contributed by atoms with E-state index in [1.807, 2.05) is 19.2 Å². The Morgan fingerprint density at radius 3 is 2.41 bits per heavy atom. The van der Waals surface area contributed by atoms with E-state index in [1.165, 1.54) is 19.3 Å². The second-order valence-electron chi connectivity index (χ2n) is 7.72. The van der Waals surface area contributed by atoms with Crippen LogP contribution in [0.2, 0.25) is 0 Å². The lowest BCUT2D eigenvalue weighted by Crippen LogP contribution is -2.47. The zero-order valence-electron chi connectivity index (χ0n) is 17.4. The molecule has 1 saturated carbocycles. The van der Waals surface area contributed by atoms with Gasteiger partial charge < -0.3 is 15.5 Å². The molecule has 7 nitrogen and oxygen atoms in total. The molecule has 3 rings (SSSR count). The van der Waals surface area contributed by atoms with Gasteiger partial charge in [-0.1, -0.05) is 37.5 Å². The zero-order chi connectivity index (χ0) is 20.0. The summed E-state index contributed by atoms with van der Waals surface area (Å²) in [6.45, 7) is 3.02. The zero-order valence-corrected chi connectivity index (χ0v) is 20.6. The van der Waals surface area contributed by atoms with E-state index in [0.29, 0.717) is 30.6 Å². The van der Waals surface area contributed by atoms with Crippen LogP contribution in [0.5, 0.6) is 0 Å². The first-order valence-corrected chi connectivity index (χ1v) is 11.7. The van der Waals surface area contributed by atoms with Crippen molar-refractivity contribution in [2.75, 3.05) is 40.3 Å². The van der Waals surface area contributed by atoms with E-state index in [1.54, 1.807) is 23.5 Å². The number of hydrogen-bond acceptors (Lipinski definition) is 4. The summed E-state index contributed by atoms with van der Waals surface area (Å²) in [5.74, 6) is 0.735. The molecule has 0 aromatic heterocycles. The smallest absolute Gasteiger partial charge is 0.243 e. The summed E-state index contributed by atoms with van der Waals surface area (Å²) in [5.41, 5.74) is 0.771. The molecule has 0 unspecified atom stereocenters. The summed E-state index contributed by atoms with van der Waals surface area (Å²) < 4.78 is 28.0. The minimum atomic E-state index is -3.49. The van der Waals surface area contributed by atoms with Gasteiger partial charge in [0, 0.05) is 45.8 Å². The third-order valence-corrected chi connectivity index (χ3v) is 7.67. The summed E-state index contributed by atoms with van der Waals surface area (Å²) >= 11 is 0. The van der Waals surface area contributed by atoms with Crippen LogP contribution >= 0.6 is 24.0 Å². The van der Waals surface area contributed by atoms with Crippen molar-refractivity contribution in [2.45, 2.75) is 49.6 Å². The van der Waals surface area contributed by atoms with Gasteiger partial charge in [0.1, 0.15) is 0 Å². The second-order valence-corrected chi connectivity index (χ2v) is 9.63. The molecule has 2 aliphatic rings. The van der Waals surface area contributed by atoms with E-state index < -0.39 is 10.0 Å². The van der Waals surface area contributed by atoms with Gasteiger partial charge >= 0.3 is 0 Å². The maximum Gasteiger partial charge on any atom is 0.243 e. The molecule has 0 bridgehead atoms. The maximum absolute atomic E-state index is 13.2. The summed E-state index contributed by atoms with van der Waals surface area (Å²) in [6.07, 6.45) is 6.13. The normalized spacial score (nSPS) is 20.1. The molecule has 0 radical (unpaired) electrons. The number of nitrogens with zero attached hydrogens (tertiary/aromatic N) is 3. The first-order chi connectivity index (χ1) is 13.5. The van der Waals surface area contributed by atoms with Crippen LogP contribution in [-0.2, 0) is 16.6 Å². The van der Waals surface area contributed by atoms with Crippen molar-refractivity contribution in [2.24, 2.45) is 4.99 Å². The number of hydrogen-bond donors (Lipinski definition) is 2. The van der Waals surface area contributed by atoms with Gasteiger partial charge in [0.05, 0.1) is 4.90 Å². The lowest BCUT2D eigenvalue weighted by molar-refractivity contribution is 0.222. The van der Waals surface area contributed by atoms with Crippen molar-refractivity contribution >= 4 is 40.0 Å². The van der Waals surface area contributed by atoms with Crippen molar-refractivity contribution in [3.63, 3.8) is 0 Å². The van der Waals surface area contributed by atoms with Crippen LogP contribution in [0.25, 0.3) is 0 Å². The fourth-order valence-corrected chi connectivity index (χ4v) is 5.53. The van der Waals surface area contributed by atoms with Crippen LogP contribution in [0.15, 0.2) is 34.2 Å². The molecule has 164 valence electrons. The van der Waals surface area contributed by atoms with Gasteiger partial charge in [-0.25, -0.2) is 8.42 Å². The number of halogens is 1. The van der Waals surface area contributed by atoms with Gasteiger partial charge in [-0.05, 0) is 31.5 Å². The Balaban J connectivity index is 0.00000300. The molecular weight excluding hydrogens is 501 g/mol. The molecule has 0 atom stereocenters. The predicted molar refractivity (Wildman–Crippen MR) is 128 cm³/mol. The van der Waals surface area contributed by atoms with Crippen LogP contribution in [0.3, 0.4) is 0 Å². The summed E-state index contributed by atoms with van der Waals surface area (Å²) in [7, 11) is 0.284. The number of sulfonamides is 1. The van der Waals surface area contributed by atoms with E-state index >= 15 is 0 Å². The number of piperazine rings is 1. The number of guanidine groups is 1. The predicted octanol–water partition coefficient (Wildman–Crippen LogP) is 2.24. The topological polar surface area (TPSA) is 77.0 Å². The summed E-state index contributed by atoms with van der Waals surface area (Å²) in [4.78, 5) is 6.86. The first-order valence-electron chi connectivity index (χ1n) is 10.2. The fraction of sp³-hybridized carbons (Fsp3) is 0.650. The van der Waals surface area contributed by atoms with Crippen LogP contribution in [-0.4, -0.2) is 69.9 Å². The number of aliphatic imine (C=N–C) groups is 1. The molecule has 1 aromatic rings. The molecule has 1 aromatic carbocycles. The highest BCUT2D eigenvalue weighted by molar-refractivity contribution is 14.0. The molecule has 29 heavy (non-hydrogen) atoms. The lowest BCUT2D eigenvalue weighted by Gasteiger charge is -2.32. The highest BCUT2D eigenvalue weighted by atomic mass is 127. The highest BCUT2D eigenvalue weighted by Crippen LogP contribution is 2.21. The third kappa shape index (κ3) is 6.53. The average Bonchev–Trinajstić information content (AvgIpc) is 2.72. The molecule has 1 heterocycles. The van der Waals surface area contributed by atoms with Crippen LogP contribution in [0.1, 0.15) is 37.7 Å². The van der Waals surface area contributed by atoms with Crippen molar-refractivity contribution < 1.29 is 8.42 Å². The van der Waals surface area contributed by atoms with Gasteiger partial charge in [0.2, 0.25) is 10.0 Å². The molecule has 0 amide bonds. The van der Waals surface area contributed by atoms with Crippen LogP contribution in [0, 0.1) is 0 Å². The largest absolute Gasteiger partial charge is 0.354 e. The van der Waals surface area contributed by atoms with Crippen molar-refractivity contribution in [3.8, 4) is 0 Å². The van der Waals surface area contributed by atoms with Gasteiger partial charge in [0.15, 0.2) is 5.96 Å². The monoisotopic (exact) mass is 535 g/mol. The summed E-state index contributed by atoms with van der Waals surface area (Å²) in [5, 5.41) is 6.78. The van der Waals surface area contributed by atoms with Gasteiger partial charge in [-0.15, -0.1) is 24.0 Å². The minimum Gasteiger partial charge on any atom is -0.354 e. The van der Waals surface area contributed by atoms with E-state index in [-0.39, 0.29) is 24.0 Å². The van der Waals surface area contributed by atoms with Crippen LogP contribution in [0.4, 0.5) is 0 Å². The molecule has 1 aliphatic carbocycles. The molecule has 0 spiro atoms. The lowest BCUT2D eigenvalue weighted by atomic mass is 9.96. The molecular formula is C20H34IN5O2S. The van der Waals surface area contributed by atoms with Gasteiger partial charge in [0.25, 0.3) is 0 Å². The standard InChI is InChI=1S/C20H33N5O2S.HI/c1-21-20(23-18-9-4-3-5-10-18)22-16-17-8-6-7-11-19(17)28(26,27)25-14-12-24(2)13-15-25;/h6-8,11,18H,3-5,9-10,12-16H2,1-2H3,(H2,21,22,23);1H. The van der Waals surface area contributed by atoms with Crippen LogP contribution < -0.4 is 10.6 Å². The SMILES string of the molecule is CN=C(NCc1ccccc1S(=O)(=O)N1CCN(C)CC1)NC1CCCCC1.I. The minimum absolute atomic E-state index is 0. The first kappa shape index (κ1) is 24.4. The second kappa shape index (κ2) is 11.5. The highest BCUT2D eigenvalue weighted by Gasteiger charge is 2.29. The maximum atomic E-state index is 13.2. The summed E-state index contributed by atoms with van der Waals surface area (Å²) in [6, 6.07) is 7.72. The Kier molecular flexibility index (Phi) is 9.64. The number of nitrogens with one attached hydrogen (secondary N) is 2. The van der Waals surface area contributed by atoms with E-state index in [2.05, 4.69) is 20.5 Å². The Labute approximate surface area is 192 Å². The van der Waals surface area contributed by atoms with Gasteiger partial charge in [-0.2, -0.15) is 4.31 Å². The molecule has 9 heteroatoms. The number of rotatable bonds is 5. The number of likely N-dealkylation sites (N-methyl/N-ethyl adjacent to an activating group) is 1.